The van der Waals surface area contributed by atoms with E-state index in [1.54, 1.807) is 12.1 Å². The summed E-state index contributed by atoms with van der Waals surface area (Å²) in [5.41, 5.74) is 2.36. The van der Waals surface area contributed by atoms with Gasteiger partial charge in [-0.25, -0.2) is 4.79 Å². The second-order valence-corrected chi connectivity index (χ2v) is 7.10. The molecule has 3 aromatic rings. The van der Waals surface area contributed by atoms with Crippen molar-refractivity contribution in [2.24, 2.45) is 0 Å². The number of benzene rings is 3. The number of aryl methyl sites for hydroxylation is 2. The molecule has 0 saturated heterocycles. The Morgan fingerprint density at radius 2 is 1.52 bits per heavy atom. The monoisotopic (exact) mass is 392 g/mol. The summed E-state index contributed by atoms with van der Waals surface area (Å²) in [6, 6.07) is 15.2. The van der Waals surface area contributed by atoms with Gasteiger partial charge in [0.15, 0.2) is 0 Å². The van der Waals surface area contributed by atoms with Crippen LogP contribution in [0.4, 0.5) is 0 Å². The predicted octanol–water partition coefficient (Wildman–Crippen LogP) is 6.25. The average Bonchev–Trinajstić information content (AvgIpc) is 2.72. The molecule has 0 aliphatic rings. The third-order valence-corrected chi connectivity index (χ3v) is 4.71. The number of para-hydroxylation sites is 1. The van der Waals surface area contributed by atoms with Crippen molar-refractivity contribution in [2.75, 3.05) is 13.2 Å². The molecule has 0 amide bonds. The number of carbonyl (C=O) groups excluding carboxylic acids is 1. The van der Waals surface area contributed by atoms with E-state index in [2.05, 4.69) is 6.92 Å². The van der Waals surface area contributed by atoms with Crippen LogP contribution in [0.15, 0.2) is 48.5 Å². The maximum Gasteiger partial charge on any atom is 0.347 e. The highest BCUT2D eigenvalue weighted by Crippen LogP contribution is 2.39. The zero-order chi connectivity index (χ0) is 20.8. The summed E-state index contributed by atoms with van der Waals surface area (Å²) in [6.45, 7) is 9.14. The van der Waals surface area contributed by atoms with E-state index in [1.165, 1.54) is 0 Å². The van der Waals surface area contributed by atoms with Gasteiger partial charge in [0.1, 0.15) is 22.8 Å². The van der Waals surface area contributed by atoms with Crippen molar-refractivity contribution in [1.82, 2.24) is 0 Å². The number of rotatable bonds is 8. The molecule has 0 spiro atoms. The third-order valence-electron chi connectivity index (χ3n) is 4.71. The highest BCUT2D eigenvalue weighted by Gasteiger charge is 2.22. The summed E-state index contributed by atoms with van der Waals surface area (Å²) in [6.07, 6.45) is 1.72. The fourth-order valence-corrected chi connectivity index (χ4v) is 3.26. The van der Waals surface area contributed by atoms with Crippen LogP contribution in [0.3, 0.4) is 0 Å². The van der Waals surface area contributed by atoms with Crippen LogP contribution in [0.1, 0.15) is 48.2 Å². The lowest BCUT2D eigenvalue weighted by molar-refractivity contribution is 0.0728. The molecular formula is C25H28O4. The predicted molar refractivity (Wildman–Crippen MR) is 116 cm³/mol. The Labute approximate surface area is 172 Å². The number of carbonyl (C=O) groups is 1. The maximum atomic E-state index is 13.1. The second kappa shape index (κ2) is 9.46. The van der Waals surface area contributed by atoms with Gasteiger partial charge in [0.05, 0.1) is 13.2 Å². The number of fused-ring (bicyclic) bond motifs is 1. The van der Waals surface area contributed by atoms with Gasteiger partial charge in [0.2, 0.25) is 0 Å². The first-order valence-electron chi connectivity index (χ1n) is 10.2. The SMILES string of the molecule is CCCOc1c(C(=O)Oc2ccccc2C)cc(OCCC)c2c(C)cccc12. The van der Waals surface area contributed by atoms with E-state index in [9.17, 15) is 4.79 Å². The summed E-state index contributed by atoms with van der Waals surface area (Å²) >= 11 is 0. The molecule has 0 aromatic heterocycles. The van der Waals surface area contributed by atoms with Crippen molar-refractivity contribution >= 4 is 16.7 Å². The number of hydrogen-bond donors (Lipinski definition) is 0. The van der Waals surface area contributed by atoms with E-state index in [1.807, 2.05) is 57.2 Å². The molecule has 29 heavy (non-hydrogen) atoms. The minimum Gasteiger partial charge on any atom is -0.493 e. The molecule has 0 aliphatic carbocycles. The number of hydrogen-bond acceptors (Lipinski definition) is 4. The molecule has 4 heteroatoms. The van der Waals surface area contributed by atoms with Crippen LogP contribution in [0.5, 0.6) is 17.2 Å². The van der Waals surface area contributed by atoms with Crippen LogP contribution in [0.2, 0.25) is 0 Å². The highest BCUT2D eigenvalue weighted by molar-refractivity contribution is 6.05. The molecule has 3 rings (SSSR count). The van der Waals surface area contributed by atoms with Gasteiger partial charge in [-0.1, -0.05) is 50.2 Å². The number of esters is 1. The molecule has 4 nitrogen and oxygen atoms in total. The van der Waals surface area contributed by atoms with E-state index >= 15 is 0 Å². The van der Waals surface area contributed by atoms with Gasteiger partial charge in [0, 0.05) is 10.8 Å². The standard InChI is InChI=1S/C25H28O4/c1-5-14-27-22-16-20(25(26)29-21-13-8-7-10-17(21)3)24(28-15-6-2)19-12-9-11-18(4)23(19)22/h7-13,16H,5-6,14-15H2,1-4H3. The molecular weight excluding hydrogens is 364 g/mol. The minimum atomic E-state index is -0.449. The largest absolute Gasteiger partial charge is 0.493 e. The summed E-state index contributed by atoms with van der Waals surface area (Å²) < 4.78 is 17.8. The quantitative estimate of drug-likeness (QED) is 0.335. The lowest BCUT2D eigenvalue weighted by Gasteiger charge is -2.18. The van der Waals surface area contributed by atoms with E-state index in [4.69, 9.17) is 14.2 Å². The smallest absolute Gasteiger partial charge is 0.347 e. The van der Waals surface area contributed by atoms with Crippen molar-refractivity contribution in [3.8, 4) is 17.2 Å². The summed E-state index contributed by atoms with van der Waals surface area (Å²) in [7, 11) is 0. The third kappa shape index (κ3) is 4.53. The highest BCUT2D eigenvalue weighted by atomic mass is 16.5. The van der Waals surface area contributed by atoms with E-state index in [0.717, 1.165) is 34.7 Å². The molecule has 0 N–H and O–H groups in total. The van der Waals surface area contributed by atoms with E-state index in [-0.39, 0.29) is 0 Å². The lowest BCUT2D eigenvalue weighted by atomic mass is 10.00. The zero-order valence-corrected chi connectivity index (χ0v) is 17.6. The molecule has 0 aliphatic heterocycles. The lowest BCUT2D eigenvalue weighted by Crippen LogP contribution is -2.13. The van der Waals surface area contributed by atoms with Crippen LogP contribution in [0.25, 0.3) is 10.8 Å². The molecule has 0 unspecified atom stereocenters. The van der Waals surface area contributed by atoms with Crippen molar-refractivity contribution in [3.05, 3.63) is 65.2 Å². The molecule has 0 saturated carbocycles. The normalized spacial score (nSPS) is 10.8. The zero-order valence-electron chi connectivity index (χ0n) is 17.6. The minimum absolute atomic E-state index is 0.380. The Morgan fingerprint density at radius 1 is 0.828 bits per heavy atom. The Morgan fingerprint density at radius 3 is 2.24 bits per heavy atom. The molecule has 0 heterocycles. The fourth-order valence-electron chi connectivity index (χ4n) is 3.26. The molecule has 0 fully saturated rings. The van der Waals surface area contributed by atoms with Crippen LogP contribution < -0.4 is 14.2 Å². The summed E-state index contributed by atoms with van der Waals surface area (Å²) in [5, 5.41) is 1.84. The van der Waals surface area contributed by atoms with Crippen LogP contribution in [-0.2, 0) is 0 Å². The Balaban J connectivity index is 2.15. The van der Waals surface area contributed by atoms with Gasteiger partial charge in [-0.05, 0) is 49.9 Å². The molecule has 0 radical (unpaired) electrons. The maximum absolute atomic E-state index is 13.1. The average molecular weight is 392 g/mol. The molecule has 0 atom stereocenters. The van der Waals surface area contributed by atoms with Gasteiger partial charge >= 0.3 is 5.97 Å². The van der Waals surface area contributed by atoms with E-state index in [0.29, 0.717) is 36.0 Å². The van der Waals surface area contributed by atoms with Gasteiger partial charge in [-0.3, -0.25) is 0 Å². The van der Waals surface area contributed by atoms with Gasteiger partial charge < -0.3 is 14.2 Å². The van der Waals surface area contributed by atoms with Gasteiger partial charge in [-0.2, -0.15) is 0 Å². The van der Waals surface area contributed by atoms with Gasteiger partial charge in [-0.15, -0.1) is 0 Å². The van der Waals surface area contributed by atoms with Crippen LogP contribution in [-0.4, -0.2) is 19.2 Å². The van der Waals surface area contributed by atoms with Crippen LogP contribution >= 0.6 is 0 Å². The van der Waals surface area contributed by atoms with Crippen molar-refractivity contribution < 1.29 is 19.0 Å². The van der Waals surface area contributed by atoms with E-state index < -0.39 is 5.97 Å². The topological polar surface area (TPSA) is 44.8 Å². The Bertz CT molecular complexity index is 1010. The first-order chi connectivity index (χ1) is 14.1. The van der Waals surface area contributed by atoms with Crippen LogP contribution in [0, 0.1) is 13.8 Å². The van der Waals surface area contributed by atoms with Crippen molar-refractivity contribution in [1.29, 1.82) is 0 Å². The van der Waals surface area contributed by atoms with Crippen molar-refractivity contribution in [3.63, 3.8) is 0 Å². The molecule has 0 bridgehead atoms. The summed E-state index contributed by atoms with van der Waals surface area (Å²) in [4.78, 5) is 13.1. The molecule has 152 valence electrons. The first-order valence-corrected chi connectivity index (χ1v) is 10.2. The first kappa shape index (κ1) is 20.7. The van der Waals surface area contributed by atoms with Crippen molar-refractivity contribution in [2.45, 2.75) is 40.5 Å². The Kier molecular flexibility index (Phi) is 6.76. The fraction of sp³-hybridized carbons (Fsp3) is 0.320. The van der Waals surface area contributed by atoms with Gasteiger partial charge in [0.25, 0.3) is 0 Å². The Hall–Kier alpha value is -3.01. The number of ether oxygens (including phenoxy) is 3. The summed E-state index contributed by atoms with van der Waals surface area (Å²) in [5.74, 6) is 1.32. The molecule has 3 aromatic carbocycles. The second-order valence-electron chi connectivity index (χ2n) is 7.10.